The number of hydrogen-bond acceptors (Lipinski definition) is 3. The molecule has 1 amide bonds. The van der Waals surface area contributed by atoms with E-state index in [-0.39, 0.29) is 5.91 Å². The highest BCUT2D eigenvalue weighted by molar-refractivity contribution is 6.02. The van der Waals surface area contributed by atoms with Crippen molar-refractivity contribution in [1.82, 2.24) is 9.47 Å². The van der Waals surface area contributed by atoms with Crippen molar-refractivity contribution >= 4 is 5.91 Å². The number of benzene rings is 1. The lowest BCUT2D eigenvalue weighted by Crippen LogP contribution is -2.37. The first-order valence-electron chi connectivity index (χ1n) is 10.4. The molecule has 0 unspecified atom stereocenters. The van der Waals surface area contributed by atoms with Gasteiger partial charge in [-0.2, -0.15) is 0 Å². The van der Waals surface area contributed by atoms with E-state index in [0.29, 0.717) is 5.56 Å². The van der Waals surface area contributed by atoms with E-state index in [1.165, 1.54) is 11.3 Å². The van der Waals surface area contributed by atoms with Crippen LogP contribution in [0.5, 0.6) is 0 Å². The standard InChI is InChI=1S/C23H33N3O2/c1-4-6-20-22(19-9-7-17(2)8-10-19)21(23(24)27)18(3)26(20)12-5-11-25-13-15-28-16-14-25/h7-10H,4-6,11-16H2,1-3H3,(H2,24,27). The van der Waals surface area contributed by atoms with Crippen LogP contribution in [-0.4, -0.2) is 48.2 Å². The fourth-order valence-corrected chi connectivity index (χ4v) is 4.21. The smallest absolute Gasteiger partial charge is 0.251 e. The lowest BCUT2D eigenvalue weighted by atomic mass is 9.97. The van der Waals surface area contributed by atoms with Gasteiger partial charge in [0.15, 0.2) is 0 Å². The summed E-state index contributed by atoms with van der Waals surface area (Å²) in [5.41, 5.74) is 12.1. The molecule has 0 atom stereocenters. The second-order valence-corrected chi connectivity index (χ2v) is 7.72. The molecule has 1 fully saturated rings. The zero-order valence-corrected chi connectivity index (χ0v) is 17.5. The highest BCUT2D eigenvalue weighted by Crippen LogP contribution is 2.34. The average Bonchev–Trinajstić information content (AvgIpc) is 2.96. The minimum absolute atomic E-state index is 0.336. The van der Waals surface area contributed by atoms with E-state index >= 15 is 0 Å². The van der Waals surface area contributed by atoms with Gasteiger partial charge in [0.05, 0.1) is 18.8 Å². The molecule has 1 aromatic carbocycles. The summed E-state index contributed by atoms with van der Waals surface area (Å²) in [4.78, 5) is 14.8. The summed E-state index contributed by atoms with van der Waals surface area (Å²) in [6.45, 7) is 11.9. The van der Waals surface area contributed by atoms with E-state index in [4.69, 9.17) is 10.5 Å². The molecule has 2 heterocycles. The largest absolute Gasteiger partial charge is 0.379 e. The Kier molecular flexibility index (Phi) is 6.92. The highest BCUT2D eigenvalue weighted by atomic mass is 16.5. The van der Waals surface area contributed by atoms with Gasteiger partial charge < -0.3 is 15.0 Å². The van der Waals surface area contributed by atoms with Gasteiger partial charge in [-0.15, -0.1) is 0 Å². The van der Waals surface area contributed by atoms with Gasteiger partial charge in [-0.05, 0) is 32.3 Å². The Balaban J connectivity index is 1.93. The normalized spacial score (nSPS) is 15.1. The van der Waals surface area contributed by atoms with Gasteiger partial charge >= 0.3 is 0 Å². The van der Waals surface area contributed by atoms with Crippen molar-refractivity contribution < 1.29 is 9.53 Å². The zero-order chi connectivity index (χ0) is 20.1. The number of carbonyl (C=O) groups is 1. The van der Waals surface area contributed by atoms with Crippen molar-refractivity contribution in [3.8, 4) is 11.1 Å². The van der Waals surface area contributed by atoms with E-state index in [0.717, 1.165) is 75.5 Å². The molecule has 1 aromatic heterocycles. The minimum Gasteiger partial charge on any atom is -0.379 e. The number of hydrogen-bond donors (Lipinski definition) is 1. The molecule has 3 rings (SSSR count). The first kappa shape index (κ1) is 20.6. The number of carbonyl (C=O) groups excluding carboxylic acids is 1. The Morgan fingerprint density at radius 1 is 1.11 bits per heavy atom. The lowest BCUT2D eigenvalue weighted by Gasteiger charge is -2.26. The molecule has 1 saturated heterocycles. The number of amides is 1. The van der Waals surface area contributed by atoms with Gasteiger partial charge in [0.25, 0.3) is 5.91 Å². The molecule has 0 saturated carbocycles. The van der Waals surface area contributed by atoms with Crippen LogP contribution in [0.4, 0.5) is 0 Å². The Bertz CT molecular complexity index is 802. The fraction of sp³-hybridized carbons (Fsp3) is 0.522. The van der Waals surface area contributed by atoms with E-state index in [2.05, 4.69) is 47.6 Å². The quantitative estimate of drug-likeness (QED) is 0.758. The second-order valence-electron chi connectivity index (χ2n) is 7.72. The van der Waals surface area contributed by atoms with Gasteiger partial charge in [0, 0.05) is 43.1 Å². The van der Waals surface area contributed by atoms with E-state index < -0.39 is 0 Å². The molecule has 2 N–H and O–H groups in total. The number of nitrogens with two attached hydrogens (primary N) is 1. The summed E-state index contributed by atoms with van der Waals surface area (Å²) >= 11 is 0. The molecule has 1 aliphatic heterocycles. The van der Waals surface area contributed by atoms with Crippen molar-refractivity contribution in [3.63, 3.8) is 0 Å². The molecule has 1 aliphatic rings. The summed E-state index contributed by atoms with van der Waals surface area (Å²) < 4.78 is 7.77. The Labute approximate surface area is 168 Å². The van der Waals surface area contributed by atoms with Gasteiger partial charge in [0.2, 0.25) is 0 Å². The van der Waals surface area contributed by atoms with Gasteiger partial charge in [0.1, 0.15) is 0 Å². The molecule has 0 aliphatic carbocycles. The SMILES string of the molecule is CCCc1c(-c2ccc(C)cc2)c(C(N)=O)c(C)n1CCCN1CCOCC1. The molecular formula is C23H33N3O2. The first-order valence-corrected chi connectivity index (χ1v) is 10.4. The molecule has 28 heavy (non-hydrogen) atoms. The van der Waals surface area contributed by atoms with Crippen LogP contribution >= 0.6 is 0 Å². The summed E-state index contributed by atoms with van der Waals surface area (Å²) in [6, 6.07) is 8.41. The van der Waals surface area contributed by atoms with Crippen molar-refractivity contribution in [3.05, 3.63) is 46.8 Å². The number of primary amides is 1. The fourth-order valence-electron chi connectivity index (χ4n) is 4.21. The predicted molar refractivity (Wildman–Crippen MR) is 114 cm³/mol. The summed E-state index contributed by atoms with van der Waals surface area (Å²) in [5.74, 6) is -0.336. The third-order valence-electron chi connectivity index (χ3n) is 5.66. The predicted octanol–water partition coefficient (Wildman–Crippen LogP) is 3.55. The molecule has 0 spiro atoms. The third-order valence-corrected chi connectivity index (χ3v) is 5.66. The van der Waals surface area contributed by atoms with Gasteiger partial charge in [-0.3, -0.25) is 9.69 Å². The Hall–Kier alpha value is -2.11. The van der Waals surface area contributed by atoms with Crippen LogP contribution in [0, 0.1) is 13.8 Å². The second kappa shape index (κ2) is 9.39. The number of aryl methyl sites for hydroxylation is 1. The number of aromatic nitrogens is 1. The van der Waals surface area contributed by atoms with Crippen LogP contribution in [-0.2, 0) is 17.7 Å². The number of morpholine rings is 1. The maximum Gasteiger partial charge on any atom is 0.251 e. The number of nitrogens with zero attached hydrogens (tertiary/aromatic N) is 2. The van der Waals surface area contributed by atoms with E-state index in [1.54, 1.807) is 0 Å². The molecule has 2 aromatic rings. The third kappa shape index (κ3) is 4.47. The Morgan fingerprint density at radius 3 is 2.39 bits per heavy atom. The lowest BCUT2D eigenvalue weighted by molar-refractivity contribution is 0.0369. The minimum atomic E-state index is -0.336. The topological polar surface area (TPSA) is 60.5 Å². The number of rotatable bonds is 8. The van der Waals surface area contributed by atoms with Gasteiger partial charge in [-0.1, -0.05) is 43.2 Å². The van der Waals surface area contributed by atoms with Crippen molar-refractivity contribution in [2.24, 2.45) is 5.73 Å². The van der Waals surface area contributed by atoms with E-state index in [1.807, 2.05) is 6.92 Å². The van der Waals surface area contributed by atoms with Crippen LogP contribution < -0.4 is 5.73 Å². The maximum atomic E-state index is 12.4. The van der Waals surface area contributed by atoms with Gasteiger partial charge in [-0.25, -0.2) is 0 Å². The summed E-state index contributed by atoms with van der Waals surface area (Å²) in [7, 11) is 0. The highest BCUT2D eigenvalue weighted by Gasteiger charge is 2.24. The molecule has 0 radical (unpaired) electrons. The zero-order valence-electron chi connectivity index (χ0n) is 17.5. The molecule has 5 heteroatoms. The molecule has 0 bridgehead atoms. The van der Waals surface area contributed by atoms with Crippen LogP contribution in [0.15, 0.2) is 24.3 Å². The van der Waals surface area contributed by atoms with Crippen LogP contribution in [0.1, 0.15) is 47.1 Å². The monoisotopic (exact) mass is 383 g/mol. The molecule has 152 valence electrons. The summed E-state index contributed by atoms with van der Waals surface area (Å²) in [5, 5.41) is 0. The van der Waals surface area contributed by atoms with Crippen LogP contribution in [0.25, 0.3) is 11.1 Å². The average molecular weight is 384 g/mol. The Morgan fingerprint density at radius 2 is 1.79 bits per heavy atom. The van der Waals surface area contributed by atoms with Crippen molar-refractivity contribution in [1.29, 1.82) is 0 Å². The van der Waals surface area contributed by atoms with E-state index in [9.17, 15) is 4.79 Å². The molecule has 5 nitrogen and oxygen atoms in total. The maximum absolute atomic E-state index is 12.4. The van der Waals surface area contributed by atoms with Crippen LogP contribution in [0.2, 0.25) is 0 Å². The van der Waals surface area contributed by atoms with Crippen molar-refractivity contribution in [2.45, 2.75) is 46.6 Å². The summed E-state index contributed by atoms with van der Waals surface area (Å²) in [6.07, 6.45) is 3.02. The number of ether oxygens (including phenoxy) is 1. The first-order chi connectivity index (χ1) is 13.5. The van der Waals surface area contributed by atoms with Crippen molar-refractivity contribution in [2.75, 3.05) is 32.8 Å². The van der Waals surface area contributed by atoms with Crippen LogP contribution in [0.3, 0.4) is 0 Å². The molecular weight excluding hydrogens is 350 g/mol.